The maximum Gasteiger partial charge on any atom is 0.317 e. The smallest absolute Gasteiger partial charge is 0.317 e. The van der Waals surface area contributed by atoms with Crippen molar-refractivity contribution in [1.29, 1.82) is 0 Å². The number of carbonyl (C=O) groups excluding carboxylic acids is 1. The van der Waals surface area contributed by atoms with Crippen LogP contribution < -0.4 is 5.32 Å². The Morgan fingerprint density at radius 2 is 2.20 bits per heavy atom. The number of thiophene rings is 1. The number of nitrogens with zero attached hydrogens (tertiary/aromatic N) is 1. The second-order valence-corrected chi connectivity index (χ2v) is 7.41. The summed E-state index contributed by atoms with van der Waals surface area (Å²) in [6.45, 7) is 8.02. The summed E-state index contributed by atoms with van der Waals surface area (Å²) in [6, 6.07) is 4.73. The van der Waals surface area contributed by atoms with Gasteiger partial charge < -0.3 is 10.2 Å². The average Bonchev–Trinajstić information content (AvgIpc) is 2.69. The monoisotopic (exact) mass is 294 g/mol. The first-order valence-corrected chi connectivity index (χ1v) is 8.50. The third-order valence-corrected chi connectivity index (χ3v) is 4.87. The third kappa shape index (κ3) is 3.98. The highest BCUT2D eigenvalue weighted by molar-refractivity contribution is 7.12. The third-order valence-electron chi connectivity index (χ3n) is 3.76. The molecule has 1 aliphatic rings. The molecule has 4 heteroatoms. The standard InChI is InChI=1S/C16H26N2OS/c1-12(2)11-17-16(19)18-10-6-4-5-7-14(18)15-9-8-13(3)20-15/h8-9,12,14H,4-7,10-11H2,1-3H3,(H,17,19). The number of rotatable bonds is 3. The highest BCUT2D eigenvalue weighted by atomic mass is 32.1. The molecule has 0 bridgehead atoms. The first-order valence-electron chi connectivity index (χ1n) is 7.68. The van der Waals surface area contributed by atoms with Crippen molar-refractivity contribution in [2.45, 2.75) is 52.5 Å². The van der Waals surface area contributed by atoms with Crippen LogP contribution in [-0.2, 0) is 0 Å². The molecule has 2 heterocycles. The molecule has 20 heavy (non-hydrogen) atoms. The molecule has 0 spiro atoms. The van der Waals surface area contributed by atoms with E-state index in [0.717, 1.165) is 25.9 Å². The van der Waals surface area contributed by atoms with Crippen molar-refractivity contribution in [2.75, 3.05) is 13.1 Å². The highest BCUT2D eigenvalue weighted by Crippen LogP contribution is 2.34. The Bertz CT molecular complexity index is 441. The summed E-state index contributed by atoms with van der Waals surface area (Å²) in [6.07, 6.45) is 4.66. The minimum atomic E-state index is 0.108. The molecule has 1 atom stereocenters. The summed E-state index contributed by atoms with van der Waals surface area (Å²) >= 11 is 1.83. The molecule has 1 saturated heterocycles. The number of aryl methyl sites for hydroxylation is 1. The Labute approximate surface area is 126 Å². The fourth-order valence-electron chi connectivity index (χ4n) is 2.67. The lowest BCUT2D eigenvalue weighted by atomic mass is 10.1. The van der Waals surface area contributed by atoms with E-state index in [-0.39, 0.29) is 12.1 Å². The molecule has 0 aromatic carbocycles. The molecule has 112 valence electrons. The van der Waals surface area contributed by atoms with E-state index < -0.39 is 0 Å². The topological polar surface area (TPSA) is 32.3 Å². The predicted octanol–water partition coefficient (Wildman–Crippen LogP) is 4.34. The van der Waals surface area contributed by atoms with Gasteiger partial charge in [0.05, 0.1) is 6.04 Å². The van der Waals surface area contributed by atoms with E-state index in [9.17, 15) is 4.79 Å². The molecule has 1 N–H and O–H groups in total. The second kappa shape index (κ2) is 7.11. The van der Waals surface area contributed by atoms with Crippen LogP contribution in [0.3, 0.4) is 0 Å². The van der Waals surface area contributed by atoms with E-state index in [0.29, 0.717) is 5.92 Å². The minimum Gasteiger partial charge on any atom is -0.338 e. The van der Waals surface area contributed by atoms with E-state index in [1.165, 1.54) is 22.6 Å². The molecule has 1 aromatic rings. The summed E-state index contributed by atoms with van der Waals surface area (Å²) < 4.78 is 0. The van der Waals surface area contributed by atoms with Crippen LogP contribution in [0, 0.1) is 12.8 Å². The van der Waals surface area contributed by atoms with Crippen molar-refractivity contribution >= 4 is 17.4 Å². The first kappa shape index (κ1) is 15.4. The average molecular weight is 294 g/mol. The van der Waals surface area contributed by atoms with Gasteiger partial charge in [-0.2, -0.15) is 0 Å². The molecule has 1 aromatic heterocycles. The van der Waals surface area contributed by atoms with Gasteiger partial charge in [-0.15, -0.1) is 11.3 Å². The lowest BCUT2D eigenvalue weighted by Crippen LogP contribution is -2.43. The van der Waals surface area contributed by atoms with Gasteiger partial charge in [-0.3, -0.25) is 0 Å². The Balaban J connectivity index is 2.10. The molecule has 1 aliphatic heterocycles. The van der Waals surface area contributed by atoms with Crippen LogP contribution in [0.2, 0.25) is 0 Å². The number of hydrogen-bond acceptors (Lipinski definition) is 2. The molecule has 2 amide bonds. The van der Waals surface area contributed by atoms with Gasteiger partial charge in [-0.25, -0.2) is 4.79 Å². The van der Waals surface area contributed by atoms with Crippen LogP contribution >= 0.6 is 11.3 Å². The lowest BCUT2D eigenvalue weighted by Gasteiger charge is -2.30. The Kier molecular flexibility index (Phi) is 5.46. The highest BCUT2D eigenvalue weighted by Gasteiger charge is 2.27. The molecule has 0 radical (unpaired) electrons. The van der Waals surface area contributed by atoms with Crippen molar-refractivity contribution in [2.24, 2.45) is 5.92 Å². The van der Waals surface area contributed by atoms with Crippen molar-refractivity contribution in [3.8, 4) is 0 Å². The molecule has 2 rings (SSSR count). The first-order chi connectivity index (χ1) is 9.58. The van der Waals surface area contributed by atoms with Gasteiger partial charge >= 0.3 is 6.03 Å². The van der Waals surface area contributed by atoms with Gasteiger partial charge in [0.25, 0.3) is 0 Å². The van der Waals surface area contributed by atoms with Gasteiger partial charge in [-0.1, -0.05) is 26.7 Å². The van der Waals surface area contributed by atoms with Crippen LogP contribution in [-0.4, -0.2) is 24.0 Å². The zero-order chi connectivity index (χ0) is 14.5. The molecular formula is C16H26N2OS. The van der Waals surface area contributed by atoms with Crippen molar-refractivity contribution < 1.29 is 4.79 Å². The molecule has 0 saturated carbocycles. The van der Waals surface area contributed by atoms with Gasteiger partial charge in [0.1, 0.15) is 0 Å². The van der Waals surface area contributed by atoms with Gasteiger partial charge in [0.2, 0.25) is 0 Å². The fourth-order valence-corrected chi connectivity index (χ4v) is 3.70. The lowest BCUT2D eigenvalue weighted by molar-refractivity contribution is 0.175. The number of hydrogen-bond donors (Lipinski definition) is 1. The molecular weight excluding hydrogens is 268 g/mol. The molecule has 3 nitrogen and oxygen atoms in total. The zero-order valence-electron chi connectivity index (χ0n) is 12.8. The quantitative estimate of drug-likeness (QED) is 0.883. The zero-order valence-corrected chi connectivity index (χ0v) is 13.6. The fraction of sp³-hybridized carbons (Fsp3) is 0.688. The molecule has 0 aliphatic carbocycles. The van der Waals surface area contributed by atoms with E-state index in [1.807, 2.05) is 11.3 Å². The van der Waals surface area contributed by atoms with Crippen LogP contribution in [0.15, 0.2) is 12.1 Å². The van der Waals surface area contributed by atoms with Gasteiger partial charge in [-0.05, 0) is 37.8 Å². The SMILES string of the molecule is Cc1ccc(C2CCCCCN2C(=O)NCC(C)C)s1. The van der Waals surface area contributed by atoms with Crippen LogP contribution in [0.1, 0.15) is 55.3 Å². The summed E-state index contributed by atoms with van der Waals surface area (Å²) in [7, 11) is 0. The maximum atomic E-state index is 12.5. The predicted molar refractivity (Wildman–Crippen MR) is 85.2 cm³/mol. The summed E-state index contributed by atoms with van der Waals surface area (Å²) in [5, 5.41) is 3.08. The summed E-state index contributed by atoms with van der Waals surface area (Å²) in [5.41, 5.74) is 0. The molecule has 1 fully saturated rings. The van der Waals surface area contributed by atoms with Gasteiger partial charge in [0.15, 0.2) is 0 Å². The van der Waals surface area contributed by atoms with E-state index in [4.69, 9.17) is 0 Å². The number of likely N-dealkylation sites (tertiary alicyclic amines) is 1. The van der Waals surface area contributed by atoms with Gasteiger partial charge in [0, 0.05) is 22.8 Å². The second-order valence-electron chi connectivity index (χ2n) is 6.09. The number of carbonyl (C=O) groups is 1. The largest absolute Gasteiger partial charge is 0.338 e. The Morgan fingerprint density at radius 3 is 2.85 bits per heavy atom. The van der Waals surface area contributed by atoms with Crippen molar-refractivity contribution in [1.82, 2.24) is 10.2 Å². The van der Waals surface area contributed by atoms with Crippen LogP contribution in [0.4, 0.5) is 4.79 Å². The number of urea groups is 1. The van der Waals surface area contributed by atoms with Crippen LogP contribution in [0.5, 0.6) is 0 Å². The molecule has 1 unspecified atom stereocenters. The normalized spacial score (nSPS) is 20.0. The Hall–Kier alpha value is -1.03. The Morgan fingerprint density at radius 1 is 1.40 bits per heavy atom. The minimum absolute atomic E-state index is 0.108. The number of amides is 2. The van der Waals surface area contributed by atoms with E-state index >= 15 is 0 Å². The maximum absolute atomic E-state index is 12.5. The van der Waals surface area contributed by atoms with E-state index in [1.54, 1.807) is 0 Å². The summed E-state index contributed by atoms with van der Waals surface area (Å²) in [4.78, 5) is 17.2. The van der Waals surface area contributed by atoms with Crippen LogP contribution in [0.25, 0.3) is 0 Å². The number of nitrogens with one attached hydrogen (secondary N) is 1. The van der Waals surface area contributed by atoms with Crippen molar-refractivity contribution in [3.63, 3.8) is 0 Å². The van der Waals surface area contributed by atoms with E-state index in [2.05, 4.69) is 43.1 Å². The van der Waals surface area contributed by atoms with Crippen molar-refractivity contribution in [3.05, 3.63) is 21.9 Å². The summed E-state index contributed by atoms with van der Waals surface area (Å²) in [5.74, 6) is 0.494.